The summed E-state index contributed by atoms with van der Waals surface area (Å²) < 4.78 is 15.2. The van der Waals surface area contributed by atoms with Gasteiger partial charge in [-0.15, -0.1) is 0 Å². The Morgan fingerprint density at radius 3 is 2.16 bits per heavy atom. The van der Waals surface area contributed by atoms with Crippen molar-refractivity contribution in [3.63, 3.8) is 0 Å². The molecule has 0 N–H and O–H groups in total. The second-order valence-corrected chi connectivity index (χ2v) is 10.6. The lowest BCUT2D eigenvalue weighted by atomic mass is 9.99. The number of aldehydes is 1. The smallest absolute Gasteiger partial charge is 0.254 e. The van der Waals surface area contributed by atoms with Crippen molar-refractivity contribution in [3.05, 3.63) is 95.3 Å². The van der Waals surface area contributed by atoms with Crippen molar-refractivity contribution in [1.82, 2.24) is 9.80 Å². The zero-order valence-electron chi connectivity index (χ0n) is 22.8. The van der Waals surface area contributed by atoms with Crippen LogP contribution in [0.5, 0.6) is 0 Å². The molecule has 0 aliphatic carbocycles. The van der Waals surface area contributed by atoms with Crippen molar-refractivity contribution in [1.29, 1.82) is 0 Å². The monoisotopic (exact) mass is 515 g/mol. The summed E-state index contributed by atoms with van der Waals surface area (Å²) in [6, 6.07) is 22.6. The quantitative estimate of drug-likeness (QED) is 0.298. The number of hydrogen-bond donors (Lipinski definition) is 0. The van der Waals surface area contributed by atoms with Gasteiger partial charge in [0.25, 0.3) is 5.91 Å². The second kappa shape index (κ2) is 12.4. The number of likely N-dealkylation sites (tertiary alicyclic amines) is 1. The molecule has 1 amide bonds. The fourth-order valence-electron chi connectivity index (χ4n) is 5.49. The molecule has 0 radical (unpaired) electrons. The van der Waals surface area contributed by atoms with Gasteiger partial charge in [0.15, 0.2) is 0 Å². The third-order valence-corrected chi connectivity index (χ3v) is 7.28. The number of amides is 1. The van der Waals surface area contributed by atoms with E-state index in [2.05, 4.69) is 29.2 Å². The van der Waals surface area contributed by atoms with Gasteiger partial charge in [0.2, 0.25) is 0 Å². The van der Waals surface area contributed by atoms with E-state index < -0.39 is 0 Å². The van der Waals surface area contributed by atoms with E-state index in [4.69, 9.17) is 0 Å². The summed E-state index contributed by atoms with van der Waals surface area (Å²) in [6.45, 7) is 10.7. The van der Waals surface area contributed by atoms with Crippen molar-refractivity contribution >= 4 is 23.6 Å². The molecule has 0 spiro atoms. The lowest BCUT2D eigenvalue weighted by molar-refractivity contribution is 0.0643. The van der Waals surface area contributed by atoms with Crippen LogP contribution in [0.4, 0.5) is 15.8 Å². The largest absolute Gasteiger partial charge is 0.336 e. The van der Waals surface area contributed by atoms with Crippen molar-refractivity contribution < 1.29 is 14.0 Å². The Hall–Kier alpha value is -3.51. The first-order valence-corrected chi connectivity index (χ1v) is 13.5. The zero-order valence-corrected chi connectivity index (χ0v) is 22.8. The molecule has 1 fully saturated rings. The molecule has 0 unspecified atom stereocenters. The molecule has 1 aliphatic rings. The predicted octanol–water partition coefficient (Wildman–Crippen LogP) is 6.70. The average Bonchev–Trinajstić information content (AvgIpc) is 2.91. The summed E-state index contributed by atoms with van der Waals surface area (Å²) in [4.78, 5) is 31.0. The van der Waals surface area contributed by atoms with Gasteiger partial charge >= 0.3 is 0 Å². The molecule has 38 heavy (non-hydrogen) atoms. The highest BCUT2D eigenvalue weighted by atomic mass is 19.1. The van der Waals surface area contributed by atoms with E-state index in [-0.39, 0.29) is 29.8 Å². The van der Waals surface area contributed by atoms with Crippen LogP contribution < -0.4 is 4.90 Å². The van der Waals surface area contributed by atoms with Crippen LogP contribution in [0.25, 0.3) is 0 Å². The van der Waals surface area contributed by atoms with Crippen LogP contribution in [0.15, 0.2) is 72.8 Å². The molecule has 0 aromatic heterocycles. The lowest BCUT2D eigenvalue weighted by Crippen LogP contribution is -2.43. The van der Waals surface area contributed by atoms with Crippen LogP contribution in [0.2, 0.25) is 0 Å². The van der Waals surface area contributed by atoms with Crippen LogP contribution in [0.1, 0.15) is 66.8 Å². The minimum Gasteiger partial charge on any atom is -0.336 e. The summed E-state index contributed by atoms with van der Waals surface area (Å²) in [5.74, 6) is -0.385. The molecule has 0 atom stereocenters. The summed E-state index contributed by atoms with van der Waals surface area (Å²) in [5, 5.41) is 0. The zero-order chi connectivity index (χ0) is 27.2. The lowest BCUT2D eigenvalue weighted by Gasteiger charge is -2.40. The number of piperidine rings is 1. The van der Waals surface area contributed by atoms with E-state index in [1.54, 1.807) is 6.07 Å². The van der Waals surface area contributed by atoms with Gasteiger partial charge in [-0.2, -0.15) is 0 Å². The maximum Gasteiger partial charge on any atom is 0.254 e. The molecule has 6 heteroatoms. The van der Waals surface area contributed by atoms with E-state index in [0.29, 0.717) is 16.8 Å². The van der Waals surface area contributed by atoms with Crippen LogP contribution in [0, 0.1) is 5.82 Å². The molecule has 3 aromatic carbocycles. The Bertz CT molecular complexity index is 1210. The highest BCUT2D eigenvalue weighted by Gasteiger charge is 2.29. The molecule has 0 bridgehead atoms. The SMILES string of the molecule is CC(C)N(C(=O)c1ccc(N(c2cc(C=O)ccc2F)C2CCN(Cc3ccccc3)CC2)cc1)C(C)C. The van der Waals surface area contributed by atoms with Crippen LogP contribution >= 0.6 is 0 Å². The third-order valence-electron chi connectivity index (χ3n) is 7.28. The van der Waals surface area contributed by atoms with E-state index >= 15 is 4.39 Å². The van der Waals surface area contributed by atoms with Crippen molar-refractivity contribution in [2.24, 2.45) is 0 Å². The Labute approximate surface area is 225 Å². The van der Waals surface area contributed by atoms with Gasteiger partial charge in [-0.1, -0.05) is 30.3 Å². The summed E-state index contributed by atoms with van der Waals surface area (Å²) in [7, 11) is 0. The Kier molecular flexibility index (Phi) is 8.95. The van der Waals surface area contributed by atoms with Crippen molar-refractivity contribution in [2.45, 2.75) is 65.2 Å². The normalized spacial score (nSPS) is 14.6. The number of benzene rings is 3. The van der Waals surface area contributed by atoms with E-state index in [0.717, 1.165) is 44.4 Å². The standard InChI is InChI=1S/C32H38FN3O2/c1-23(2)35(24(3)4)32(38)27-11-13-28(14-12-27)36(31-20-26(22-37)10-15-30(31)33)29-16-18-34(19-17-29)21-25-8-6-5-7-9-25/h5-15,20,22-24,29H,16-19,21H2,1-4H3. The maximum absolute atomic E-state index is 15.2. The number of nitrogens with zero attached hydrogens (tertiary/aromatic N) is 3. The minimum atomic E-state index is -0.367. The van der Waals surface area contributed by atoms with Crippen molar-refractivity contribution in [3.8, 4) is 0 Å². The molecule has 5 nitrogen and oxygen atoms in total. The first-order valence-electron chi connectivity index (χ1n) is 13.5. The molecule has 3 aromatic rings. The number of rotatable bonds is 9. The highest BCUT2D eigenvalue weighted by molar-refractivity contribution is 5.95. The van der Waals surface area contributed by atoms with E-state index in [1.807, 2.05) is 67.8 Å². The first-order chi connectivity index (χ1) is 18.3. The highest BCUT2D eigenvalue weighted by Crippen LogP contribution is 2.35. The van der Waals surface area contributed by atoms with Gasteiger partial charge in [-0.05, 0) is 88.6 Å². The molecule has 1 saturated heterocycles. The van der Waals surface area contributed by atoms with Crippen LogP contribution in [0.3, 0.4) is 0 Å². The van der Waals surface area contributed by atoms with Gasteiger partial charge in [-0.25, -0.2) is 4.39 Å². The number of hydrogen-bond acceptors (Lipinski definition) is 4. The molecular weight excluding hydrogens is 477 g/mol. The summed E-state index contributed by atoms with van der Waals surface area (Å²) >= 11 is 0. The van der Waals surface area contributed by atoms with Gasteiger partial charge in [0, 0.05) is 54.6 Å². The minimum absolute atomic E-state index is 0.0172. The number of halogens is 1. The van der Waals surface area contributed by atoms with E-state index in [1.165, 1.54) is 17.7 Å². The molecule has 4 rings (SSSR count). The van der Waals surface area contributed by atoms with E-state index in [9.17, 15) is 9.59 Å². The third kappa shape index (κ3) is 6.30. The molecule has 0 saturated carbocycles. The number of carbonyl (C=O) groups excluding carboxylic acids is 2. The molecular formula is C32H38FN3O2. The molecule has 1 heterocycles. The summed E-state index contributed by atoms with van der Waals surface area (Å²) in [5.41, 5.74) is 3.52. The summed E-state index contributed by atoms with van der Waals surface area (Å²) in [6.07, 6.45) is 2.46. The molecule has 200 valence electrons. The Balaban J connectivity index is 1.61. The van der Waals surface area contributed by atoms with Crippen LogP contribution in [-0.4, -0.2) is 53.2 Å². The number of anilines is 2. The van der Waals surface area contributed by atoms with Crippen molar-refractivity contribution in [2.75, 3.05) is 18.0 Å². The maximum atomic E-state index is 15.2. The molecule has 1 aliphatic heterocycles. The van der Waals surface area contributed by atoms with Gasteiger partial charge in [0.1, 0.15) is 12.1 Å². The first kappa shape index (κ1) is 27.5. The fraction of sp³-hybridized carbons (Fsp3) is 0.375. The topological polar surface area (TPSA) is 43.9 Å². The van der Waals surface area contributed by atoms with Crippen LogP contribution in [-0.2, 0) is 6.54 Å². The average molecular weight is 516 g/mol. The second-order valence-electron chi connectivity index (χ2n) is 10.6. The number of carbonyl (C=O) groups is 2. The van der Waals surface area contributed by atoms with Gasteiger partial charge in [-0.3, -0.25) is 14.5 Å². The Morgan fingerprint density at radius 2 is 1.58 bits per heavy atom. The predicted molar refractivity (Wildman–Crippen MR) is 152 cm³/mol. The Morgan fingerprint density at radius 1 is 0.947 bits per heavy atom. The fourth-order valence-corrected chi connectivity index (χ4v) is 5.49. The van der Waals surface area contributed by atoms with Gasteiger partial charge < -0.3 is 9.80 Å². The van der Waals surface area contributed by atoms with Gasteiger partial charge in [0.05, 0.1) is 5.69 Å².